The summed E-state index contributed by atoms with van der Waals surface area (Å²) in [5.41, 5.74) is 6.14. The number of ether oxygens (including phenoxy) is 2. The van der Waals surface area contributed by atoms with Crippen LogP contribution in [0.4, 0.5) is 0 Å². The molecule has 0 saturated heterocycles. The Morgan fingerprint density at radius 3 is 2.41 bits per heavy atom. The highest BCUT2D eigenvalue weighted by Crippen LogP contribution is 2.13. The maximum absolute atomic E-state index is 12.3. The zero-order valence-electron chi connectivity index (χ0n) is 14.3. The number of esters is 1. The molecule has 2 unspecified atom stereocenters. The van der Waals surface area contributed by atoms with Gasteiger partial charge in [-0.05, 0) is 45.1 Å². The molecule has 0 aliphatic heterocycles. The highest BCUT2D eigenvalue weighted by Gasteiger charge is 2.26. The Balaban J connectivity index is 4.34. The Labute approximate surface area is 138 Å². The summed E-state index contributed by atoms with van der Waals surface area (Å²) in [5.74, 6) is 1.68. The average Bonchev–Trinajstić information content (AvgIpc) is 2.44. The highest BCUT2D eigenvalue weighted by atomic mass is 32.2. The molecule has 0 heterocycles. The molecule has 0 fully saturated rings. The van der Waals surface area contributed by atoms with Crippen molar-refractivity contribution in [2.75, 3.05) is 18.1 Å². The van der Waals surface area contributed by atoms with Crippen molar-refractivity contribution in [3.8, 4) is 0 Å². The highest BCUT2D eigenvalue weighted by molar-refractivity contribution is 7.99. The van der Waals surface area contributed by atoms with Gasteiger partial charge in [-0.25, -0.2) is 0 Å². The summed E-state index contributed by atoms with van der Waals surface area (Å²) in [5, 5.41) is 0. The third-order valence-electron chi connectivity index (χ3n) is 3.03. The van der Waals surface area contributed by atoms with Gasteiger partial charge in [0.2, 0.25) is 0 Å². The zero-order valence-corrected chi connectivity index (χ0v) is 15.1. The van der Waals surface area contributed by atoms with Crippen LogP contribution in [-0.4, -0.2) is 48.1 Å². The van der Waals surface area contributed by atoms with Gasteiger partial charge in [0.25, 0.3) is 0 Å². The van der Waals surface area contributed by atoms with Crippen LogP contribution in [0.5, 0.6) is 0 Å². The van der Waals surface area contributed by atoms with Gasteiger partial charge in [-0.1, -0.05) is 6.92 Å². The molecule has 0 radical (unpaired) electrons. The second-order valence-electron chi connectivity index (χ2n) is 5.38. The van der Waals surface area contributed by atoms with Crippen molar-refractivity contribution in [1.29, 1.82) is 0 Å². The van der Waals surface area contributed by atoms with Gasteiger partial charge in [-0.2, -0.15) is 11.8 Å². The fraction of sp³-hybridized carbons (Fsp3) is 0.875. The topological polar surface area (TPSA) is 78.6 Å². The Hall–Kier alpha value is -0.590. The average molecular weight is 333 g/mol. The lowest BCUT2D eigenvalue weighted by atomic mass is 10.0. The van der Waals surface area contributed by atoms with Crippen molar-refractivity contribution >= 4 is 23.5 Å². The Kier molecular flexibility index (Phi) is 12.6. The van der Waals surface area contributed by atoms with Crippen LogP contribution >= 0.6 is 11.8 Å². The van der Waals surface area contributed by atoms with Crippen LogP contribution in [0.25, 0.3) is 0 Å². The summed E-state index contributed by atoms with van der Waals surface area (Å²) in [7, 11) is 0. The number of rotatable bonds is 13. The van der Waals surface area contributed by atoms with Crippen molar-refractivity contribution in [2.45, 2.75) is 71.6 Å². The molecule has 0 amide bonds. The minimum Gasteiger partial charge on any atom is -0.466 e. The second kappa shape index (κ2) is 12.9. The Morgan fingerprint density at radius 2 is 1.86 bits per heavy atom. The molecule has 130 valence electrons. The van der Waals surface area contributed by atoms with E-state index >= 15 is 0 Å². The van der Waals surface area contributed by atoms with Crippen LogP contribution in [0.3, 0.4) is 0 Å². The number of nitrogens with two attached hydrogens (primary N) is 1. The molecule has 2 N–H and O–H groups in total. The van der Waals surface area contributed by atoms with Crippen molar-refractivity contribution in [3.05, 3.63) is 0 Å². The quantitative estimate of drug-likeness (QED) is 0.412. The fourth-order valence-corrected chi connectivity index (χ4v) is 2.73. The van der Waals surface area contributed by atoms with Crippen molar-refractivity contribution in [2.24, 2.45) is 5.73 Å². The Morgan fingerprint density at radius 1 is 1.18 bits per heavy atom. The summed E-state index contributed by atoms with van der Waals surface area (Å²) in [6.45, 7) is 8.02. The summed E-state index contributed by atoms with van der Waals surface area (Å²) in [6.07, 6.45) is 1.15. The molecule has 2 atom stereocenters. The molecule has 22 heavy (non-hydrogen) atoms. The molecule has 0 rings (SSSR count). The molecule has 0 aromatic carbocycles. The SMILES string of the molecule is CCOC(=O)CCCC(=O)C(OC(C)C)C(N)CCSCC. The summed E-state index contributed by atoms with van der Waals surface area (Å²) >= 11 is 1.80. The number of thioether (sulfide) groups is 1. The molecule has 0 aromatic heterocycles. The van der Waals surface area contributed by atoms with Crippen molar-refractivity contribution < 1.29 is 19.1 Å². The molecule has 6 heteroatoms. The van der Waals surface area contributed by atoms with Crippen LogP contribution in [0.15, 0.2) is 0 Å². The van der Waals surface area contributed by atoms with Gasteiger partial charge < -0.3 is 15.2 Å². The van der Waals surface area contributed by atoms with E-state index in [1.54, 1.807) is 18.7 Å². The number of hydrogen-bond acceptors (Lipinski definition) is 6. The molecule has 0 aliphatic rings. The molecular formula is C16H31NO4S. The number of carbonyl (C=O) groups is 2. The van der Waals surface area contributed by atoms with E-state index in [1.807, 2.05) is 13.8 Å². The zero-order chi connectivity index (χ0) is 17.0. The number of ketones is 1. The van der Waals surface area contributed by atoms with E-state index < -0.39 is 6.10 Å². The van der Waals surface area contributed by atoms with Gasteiger partial charge in [0.1, 0.15) is 6.10 Å². The normalized spacial score (nSPS) is 13.9. The molecule has 0 aromatic rings. The van der Waals surface area contributed by atoms with Crippen LogP contribution in [0.1, 0.15) is 53.4 Å². The number of carbonyl (C=O) groups excluding carboxylic acids is 2. The lowest BCUT2D eigenvalue weighted by Crippen LogP contribution is -2.44. The van der Waals surface area contributed by atoms with E-state index in [2.05, 4.69) is 6.92 Å². The van der Waals surface area contributed by atoms with Crippen molar-refractivity contribution in [3.63, 3.8) is 0 Å². The van der Waals surface area contributed by atoms with Gasteiger partial charge >= 0.3 is 5.97 Å². The first kappa shape index (κ1) is 21.4. The summed E-state index contributed by atoms with van der Waals surface area (Å²) in [6, 6.07) is -0.295. The van der Waals surface area contributed by atoms with Gasteiger partial charge in [0.15, 0.2) is 5.78 Å². The predicted molar refractivity (Wildman–Crippen MR) is 91.1 cm³/mol. The third kappa shape index (κ3) is 10.2. The van der Waals surface area contributed by atoms with E-state index in [0.29, 0.717) is 19.4 Å². The van der Waals surface area contributed by atoms with Crippen LogP contribution in [0.2, 0.25) is 0 Å². The molecule has 5 nitrogen and oxygen atoms in total. The first-order chi connectivity index (χ1) is 10.4. The summed E-state index contributed by atoms with van der Waals surface area (Å²) < 4.78 is 10.6. The number of Topliss-reactive ketones (excluding diaryl/α,β-unsaturated/α-hetero) is 1. The van der Waals surface area contributed by atoms with Gasteiger partial charge in [0, 0.05) is 18.9 Å². The lowest BCUT2D eigenvalue weighted by Gasteiger charge is -2.25. The van der Waals surface area contributed by atoms with Gasteiger partial charge in [-0.15, -0.1) is 0 Å². The van der Waals surface area contributed by atoms with E-state index in [9.17, 15) is 9.59 Å². The van der Waals surface area contributed by atoms with Gasteiger partial charge in [-0.3, -0.25) is 9.59 Å². The maximum Gasteiger partial charge on any atom is 0.305 e. The predicted octanol–water partition coefficient (Wildman–Crippen LogP) is 2.55. The first-order valence-electron chi connectivity index (χ1n) is 8.09. The van der Waals surface area contributed by atoms with Crippen LogP contribution < -0.4 is 5.73 Å². The molecular weight excluding hydrogens is 302 g/mol. The first-order valence-corrected chi connectivity index (χ1v) is 9.24. The lowest BCUT2D eigenvalue weighted by molar-refractivity contribution is -0.143. The third-order valence-corrected chi connectivity index (χ3v) is 3.97. The van der Waals surface area contributed by atoms with E-state index in [-0.39, 0.29) is 30.3 Å². The minimum absolute atomic E-state index is 0.0213. The molecule has 0 aliphatic carbocycles. The molecule has 0 spiro atoms. The molecule has 0 bridgehead atoms. The van der Waals surface area contributed by atoms with Crippen LogP contribution in [0, 0.1) is 0 Å². The standard InChI is InChI=1S/C16H31NO4S/c1-5-20-15(19)9-7-8-14(18)16(21-12(3)4)13(17)10-11-22-6-2/h12-13,16H,5-11,17H2,1-4H3. The minimum atomic E-state index is -0.584. The van der Waals surface area contributed by atoms with Crippen molar-refractivity contribution in [1.82, 2.24) is 0 Å². The monoisotopic (exact) mass is 333 g/mol. The largest absolute Gasteiger partial charge is 0.466 e. The Bertz CT molecular complexity index is 323. The van der Waals surface area contributed by atoms with E-state index in [0.717, 1.165) is 17.9 Å². The number of hydrogen-bond donors (Lipinski definition) is 1. The fourth-order valence-electron chi connectivity index (χ4n) is 2.01. The molecule has 0 saturated carbocycles. The second-order valence-corrected chi connectivity index (χ2v) is 6.77. The van der Waals surface area contributed by atoms with E-state index in [1.165, 1.54) is 0 Å². The maximum atomic E-state index is 12.3. The van der Waals surface area contributed by atoms with E-state index in [4.69, 9.17) is 15.2 Å². The summed E-state index contributed by atoms with van der Waals surface area (Å²) in [4.78, 5) is 23.6. The smallest absolute Gasteiger partial charge is 0.305 e. The van der Waals surface area contributed by atoms with Crippen LogP contribution in [-0.2, 0) is 19.1 Å². The van der Waals surface area contributed by atoms with Gasteiger partial charge in [0.05, 0.1) is 12.7 Å².